The van der Waals surface area contributed by atoms with Gasteiger partial charge in [-0.1, -0.05) is 101 Å². The zero-order valence-electron chi connectivity index (χ0n) is 27.3. The molecule has 11 heteroatoms. The Bertz CT molecular complexity index is 1950. The standard InChI is InChI=1S/C40H34BrF3N2O5/c41-35-10-5-4-9-32(35)25-39(38(48)45-26-27-11-19-34(20-12-27)51-40(42,43)44)36(30-15-13-29(14-16-30)28-7-2-1-3-8-28)50-37(46-39)31-17-21-33(22-18-31)49-24-6-23-47/h1-5,7-22,36,47H,6,23-26H2,(H,45,48)/t36-,39-/m1/s1. The lowest BCUT2D eigenvalue weighted by Gasteiger charge is -2.31. The van der Waals surface area contributed by atoms with Crippen LogP contribution in [-0.4, -0.2) is 42.0 Å². The van der Waals surface area contributed by atoms with E-state index in [-0.39, 0.29) is 31.2 Å². The van der Waals surface area contributed by atoms with Crippen LogP contribution < -0.4 is 14.8 Å². The van der Waals surface area contributed by atoms with Crippen LogP contribution in [0.4, 0.5) is 13.2 Å². The number of amides is 1. The monoisotopic (exact) mass is 758 g/mol. The summed E-state index contributed by atoms with van der Waals surface area (Å²) in [5.74, 6) is 0.0998. The zero-order valence-corrected chi connectivity index (χ0v) is 28.9. The Balaban J connectivity index is 1.37. The Morgan fingerprint density at radius 3 is 2.12 bits per heavy atom. The molecule has 0 bridgehead atoms. The summed E-state index contributed by atoms with van der Waals surface area (Å²) in [5.41, 5.74) is 3.30. The van der Waals surface area contributed by atoms with Crippen molar-refractivity contribution < 1.29 is 37.3 Å². The van der Waals surface area contributed by atoms with Crippen LogP contribution in [0, 0.1) is 0 Å². The number of aliphatic hydroxyl groups excluding tert-OH is 1. The normalized spacial score (nSPS) is 17.0. The molecule has 1 amide bonds. The Labute approximate surface area is 301 Å². The third kappa shape index (κ3) is 8.79. The lowest BCUT2D eigenvalue weighted by atomic mass is 9.81. The number of aliphatic hydroxyl groups is 1. The quantitative estimate of drug-likeness (QED) is 0.118. The van der Waals surface area contributed by atoms with Crippen LogP contribution >= 0.6 is 15.9 Å². The van der Waals surface area contributed by atoms with Gasteiger partial charge in [0.1, 0.15) is 11.5 Å². The number of hydrogen-bond acceptors (Lipinski definition) is 6. The molecule has 262 valence electrons. The average Bonchev–Trinajstić information content (AvgIpc) is 3.53. The maximum absolute atomic E-state index is 14.6. The molecular weight excluding hydrogens is 725 g/mol. The number of rotatable bonds is 13. The van der Waals surface area contributed by atoms with Gasteiger partial charge in [-0.25, -0.2) is 4.99 Å². The van der Waals surface area contributed by atoms with Gasteiger partial charge in [0.15, 0.2) is 11.6 Å². The molecule has 1 heterocycles. The first-order chi connectivity index (χ1) is 24.6. The van der Waals surface area contributed by atoms with Gasteiger partial charge in [0, 0.05) is 36.0 Å². The van der Waals surface area contributed by atoms with Crippen molar-refractivity contribution in [3.8, 4) is 22.6 Å². The van der Waals surface area contributed by atoms with E-state index in [4.69, 9.17) is 19.6 Å². The smallest absolute Gasteiger partial charge is 0.494 e. The molecule has 0 fully saturated rings. The van der Waals surface area contributed by atoms with Crippen molar-refractivity contribution >= 4 is 27.7 Å². The number of carbonyl (C=O) groups excluding carboxylic acids is 1. The molecule has 5 aromatic carbocycles. The Morgan fingerprint density at radius 1 is 0.824 bits per heavy atom. The molecule has 0 unspecified atom stereocenters. The van der Waals surface area contributed by atoms with Gasteiger partial charge in [-0.05, 0) is 70.3 Å². The number of benzene rings is 5. The molecule has 0 spiro atoms. The van der Waals surface area contributed by atoms with E-state index in [1.165, 1.54) is 24.3 Å². The highest BCUT2D eigenvalue weighted by Gasteiger charge is 2.53. The fourth-order valence-corrected chi connectivity index (χ4v) is 6.26. The molecule has 0 aromatic heterocycles. The van der Waals surface area contributed by atoms with Crippen molar-refractivity contribution in [3.63, 3.8) is 0 Å². The van der Waals surface area contributed by atoms with Crippen molar-refractivity contribution in [3.05, 3.63) is 154 Å². The maximum atomic E-state index is 14.6. The molecule has 0 aliphatic carbocycles. The minimum Gasteiger partial charge on any atom is -0.494 e. The van der Waals surface area contributed by atoms with Crippen LogP contribution in [0.5, 0.6) is 11.5 Å². The summed E-state index contributed by atoms with van der Waals surface area (Å²) in [7, 11) is 0. The maximum Gasteiger partial charge on any atom is 0.573 e. The molecule has 6 rings (SSSR count). The highest BCUT2D eigenvalue weighted by Crippen LogP contribution is 2.44. The van der Waals surface area contributed by atoms with Crippen molar-refractivity contribution in [1.29, 1.82) is 0 Å². The summed E-state index contributed by atoms with van der Waals surface area (Å²) in [5, 5.41) is 12.1. The largest absolute Gasteiger partial charge is 0.573 e. The Kier molecular flexibility index (Phi) is 11.1. The third-order valence-corrected chi connectivity index (χ3v) is 9.15. The fourth-order valence-electron chi connectivity index (χ4n) is 5.84. The molecule has 5 aromatic rings. The first-order valence-electron chi connectivity index (χ1n) is 16.3. The molecule has 1 aliphatic rings. The predicted molar refractivity (Wildman–Crippen MR) is 191 cm³/mol. The Hall–Kier alpha value is -5.13. The van der Waals surface area contributed by atoms with Crippen LogP contribution in [0.25, 0.3) is 11.1 Å². The van der Waals surface area contributed by atoms with Crippen LogP contribution in [0.15, 0.2) is 137 Å². The van der Waals surface area contributed by atoms with Gasteiger partial charge >= 0.3 is 6.36 Å². The summed E-state index contributed by atoms with van der Waals surface area (Å²) in [6.45, 7) is 0.408. The number of alkyl halides is 3. The summed E-state index contributed by atoms with van der Waals surface area (Å²) in [6.07, 6.45) is -5.00. The average molecular weight is 760 g/mol. The van der Waals surface area contributed by atoms with Crippen molar-refractivity contribution in [1.82, 2.24) is 5.32 Å². The van der Waals surface area contributed by atoms with E-state index in [2.05, 4.69) is 26.0 Å². The van der Waals surface area contributed by atoms with Crippen LogP contribution in [0.1, 0.15) is 34.8 Å². The summed E-state index contributed by atoms with van der Waals surface area (Å²) < 4.78 is 55.3. The van der Waals surface area contributed by atoms with E-state index in [0.29, 0.717) is 29.9 Å². The van der Waals surface area contributed by atoms with Gasteiger partial charge in [0.05, 0.1) is 6.61 Å². The molecule has 7 nitrogen and oxygen atoms in total. The molecule has 2 atom stereocenters. The minimum atomic E-state index is -4.81. The van der Waals surface area contributed by atoms with E-state index in [0.717, 1.165) is 26.7 Å². The predicted octanol–water partition coefficient (Wildman–Crippen LogP) is 8.59. The highest BCUT2D eigenvalue weighted by molar-refractivity contribution is 9.10. The van der Waals surface area contributed by atoms with Gasteiger partial charge in [-0.15, -0.1) is 13.2 Å². The van der Waals surface area contributed by atoms with Gasteiger partial charge in [0.2, 0.25) is 5.90 Å². The van der Waals surface area contributed by atoms with Gasteiger partial charge in [0.25, 0.3) is 5.91 Å². The van der Waals surface area contributed by atoms with Crippen molar-refractivity contribution in [2.75, 3.05) is 13.2 Å². The van der Waals surface area contributed by atoms with E-state index in [9.17, 15) is 18.0 Å². The molecule has 0 radical (unpaired) electrons. The van der Waals surface area contributed by atoms with Gasteiger partial charge in [-0.3, -0.25) is 4.79 Å². The van der Waals surface area contributed by atoms with E-state index in [1.54, 1.807) is 24.3 Å². The van der Waals surface area contributed by atoms with Gasteiger partial charge < -0.3 is 24.6 Å². The van der Waals surface area contributed by atoms with Crippen LogP contribution in [0.3, 0.4) is 0 Å². The molecular formula is C40H34BrF3N2O5. The van der Waals surface area contributed by atoms with E-state index < -0.39 is 23.9 Å². The lowest BCUT2D eigenvalue weighted by Crippen LogP contribution is -2.49. The topological polar surface area (TPSA) is 89.4 Å². The minimum absolute atomic E-state index is 0.0211. The third-order valence-electron chi connectivity index (χ3n) is 8.38. The molecule has 0 saturated heterocycles. The molecule has 2 N–H and O–H groups in total. The van der Waals surface area contributed by atoms with Crippen molar-refractivity contribution in [2.24, 2.45) is 4.99 Å². The van der Waals surface area contributed by atoms with Gasteiger partial charge in [-0.2, -0.15) is 0 Å². The highest BCUT2D eigenvalue weighted by atomic mass is 79.9. The Morgan fingerprint density at radius 2 is 1.45 bits per heavy atom. The first-order valence-corrected chi connectivity index (χ1v) is 17.1. The summed E-state index contributed by atoms with van der Waals surface area (Å²) >= 11 is 3.64. The van der Waals surface area contributed by atoms with E-state index in [1.807, 2.05) is 78.9 Å². The summed E-state index contributed by atoms with van der Waals surface area (Å²) in [4.78, 5) is 19.7. The first kappa shape index (κ1) is 35.7. The second kappa shape index (κ2) is 15.8. The number of halogens is 4. The fraction of sp³-hybridized carbons (Fsp3) is 0.200. The van der Waals surface area contributed by atoms with E-state index >= 15 is 0 Å². The zero-order chi connectivity index (χ0) is 35.8. The molecule has 1 aliphatic heterocycles. The van der Waals surface area contributed by atoms with Crippen LogP contribution in [-0.2, 0) is 22.5 Å². The summed E-state index contributed by atoms with van der Waals surface area (Å²) in [6, 6.07) is 37.9. The molecule has 0 saturated carbocycles. The number of aliphatic imine (C=N–C) groups is 1. The second-order valence-electron chi connectivity index (χ2n) is 11.9. The lowest BCUT2D eigenvalue weighted by molar-refractivity contribution is -0.274. The molecule has 51 heavy (non-hydrogen) atoms. The number of nitrogens with one attached hydrogen (secondary N) is 1. The SMILES string of the molecule is O=C(NCc1ccc(OC(F)(F)F)cc1)[C@]1(Cc2ccccc2Br)N=C(c2ccc(OCCCO)cc2)O[C@@H]1c1ccc(-c2ccccc2)cc1. The van der Waals surface area contributed by atoms with Crippen molar-refractivity contribution in [2.45, 2.75) is 37.4 Å². The number of hydrogen-bond donors (Lipinski definition) is 2. The number of nitrogens with zero attached hydrogens (tertiary/aromatic N) is 1. The number of ether oxygens (including phenoxy) is 3. The van der Waals surface area contributed by atoms with Crippen LogP contribution in [0.2, 0.25) is 0 Å². The second-order valence-corrected chi connectivity index (χ2v) is 12.8. The number of carbonyl (C=O) groups is 1.